The Morgan fingerprint density at radius 2 is 1.95 bits per heavy atom. The van der Waals surface area contributed by atoms with E-state index in [2.05, 4.69) is 51.1 Å². The van der Waals surface area contributed by atoms with Crippen molar-refractivity contribution in [2.45, 2.75) is 78.3 Å². The van der Waals surface area contributed by atoms with Crippen molar-refractivity contribution in [3.63, 3.8) is 0 Å². The predicted octanol–water partition coefficient (Wildman–Crippen LogP) is 4.72. The molecule has 0 aliphatic heterocycles. The minimum atomic E-state index is 0.180. The van der Waals surface area contributed by atoms with Crippen LogP contribution in [0, 0.1) is 5.41 Å². The Hall–Kier alpha value is -0.410. The number of nitrogens with zero attached hydrogens (tertiary/aromatic N) is 1. The molecule has 0 atom stereocenters. The zero-order chi connectivity index (χ0) is 14.1. The van der Waals surface area contributed by atoms with Crippen molar-refractivity contribution >= 4 is 11.3 Å². The van der Waals surface area contributed by atoms with Crippen LogP contribution in [0.3, 0.4) is 0 Å². The fraction of sp³-hybridized carbons (Fsp3) is 0.812. The Morgan fingerprint density at radius 3 is 2.53 bits per heavy atom. The van der Waals surface area contributed by atoms with Gasteiger partial charge in [0.2, 0.25) is 0 Å². The Morgan fingerprint density at radius 1 is 1.32 bits per heavy atom. The number of nitrogens with one attached hydrogen (secondary N) is 1. The molecule has 0 spiro atoms. The van der Waals surface area contributed by atoms with E-state index in [9.17, 15) is 0 Å². The summed E-state index contributed by atoms with van der Waals surface area (Å²) in [5, 5.41) is 4.90. The van der Waals surface area contributed by atoms with Crippen molar-refractivity contribution in [1.29, 1.82) is 0 Å². The third-order valence-corrected chi connectivity index (χ3v) is 5.21. The molecule has 1 heterocycles. The zero-order valence-corrected chi connectivity index (χ0v) is 13.9. The van der Waals surface area contributed by atoms with Gasteiger partial charge in [-0.3, -0.25) is 0 Å². The molecule has 1 aliphatic carbocycles. The van der Waals surface area contributed by atoms with Gasteiger partial charge in [0.25, 0.3) is 0 Å². The number of hydrogen-bond donors (Lipinski definition) is 1. The molecule has 1 aliphatic rings. The maximum atomic E-state index is 4.67. The molecule has 1 aromatic rings. The van der Waals surface area contributed by atoms with Crippen molar-refractivity contribution in [2.24, 2.45) is 5.41 Å². The molecule has 0 amide bonds. The van der Waals surface area contributed by atoms with Gasteiger partial charge in [0.15, 0.2) is 0 Å². The Kier molecular flexibility index (Phi) is 4.36. The Labute approximate surface area is 122 Å². The highest BCUT2D eigenvalue weighted by molar-refractivity contribution is 7.11. The lowest BCUT2D eigenvalue weighted by Crippen LogP contribution is -2.34. The molecular weight excluding hydrogens is 252 g/mol. The van der Waals surface area contributed by atoms with Crippen LogP contribution >= 0.6 is 11.3 Å². The lowest BCUT2D eigenvalue weighted by Gasteiger charge is -2.33. The number of rotatable bonds is 3. The Balaban J connectivity index is 1.91. The first-order chi connectivity index (χ1) is 8.75. The third kappa shape index (κ3) is 4.57. The minimum Gasteiger partial charge on any atom is -0.307 e. The van der Waals surface area contributed by atoms with E-state index in [4.69, 9.17) is 0 Å². The van der Waals surface area contributed by atoms with Gasteiger partial charge in [0.05, 0.1) is 5.01 Å². The SMILES string of the molecule is CC1(C)CCC(c2ncc(CNC(C)(C)C)s2)CC1. The van der Waals surface area contributed by atoms with Gasteiger partial charge in [-0.05, 0) is 51.9 Å². The second-order valence-electron chi connectivity index (χ2n) is 7.71. The van der Waals surface area contributed by atoms with Crippen LogP contribution in [0.1, 0.15) is 76.1 Å². The molecule has 2 nitrogen and oxygen atoms in total. The molecule has 1 N–H and O–H groups in total. The van der Waals surface area contributed by atoms with Gasteiger partial charge >= 0.3 is 0 Å². The van der Waals surface area contributed by atoms with Crippen LogP contribution in [0.25, 0.3) is 0 Å². The van der Waals surface area contributed by atoms with Crippen LogP contribution in [-0.4, -0.2) is 10.5 Å². The van der Waals surface area contributed by atoms with Gasteiger partial charge in [-0.1, -0.05) is 13.8 Å². The first kappa shape index (κ1) is 15.0. The predicted molar refractivity (Wildman–Crippen MR) is 83.7 cm³/mol. The molecule has 19 heavy (non-hydrogen) atoms. The van der Waals surface area contributed by atoms with Gasteiger partial charge < -0.3 is 5.32 Å². The van der Waals surface area contributed by atoms with Crippen molar-refractivity contribution < 1.29 is 0 Å². The number of hydrogen-bond acceptors (Lipinski definition) is 3. The minimum absolute atomic E-state index is 0.180. The second-order valence-corrected chi connectivity index (χ2v) is 8.85. The zero-order valence-electron chi connectivity index (χ0n) is 13.0. The normalized spacial score (nSPS) is 20.7. The van der Waals surface area contributed by atoms with Gasteiger partial charge in [-0.15, -0.1) is 11.3 Å². The second kappa shape index (κ2) is 5.53. The Bertz CT molecular complexity index is 405. The largest absolute Gasteiger partial charge is 0.307 e. The summed E-state index contributed by atoms with van der Waals surface area (Å²) in [5.74, 6) is 0.710. The molecule has 0 radical (unpaired) electrons. The quantitative estimate of drug-likeness (QED) is 0.867. The molecule has 1 aromatic heterocycles. The van der Waals surface area contributed by atoms with E-state index in [1.165, 1.54) is 35.6 Å². The number of thiazole rings is 1. The van der Waals surface area contributed by atoms with Crippen LogP contribution in [0.15, 0.2) is 6.20 Å². The summed E-state index contributed by atoms with van der Waals surface area (Å²) in [5.41, 5.74) is 0.726. The summed E-state index contributed by atoms with van der Waals surface area (Å²) in [6.45, 7) is 12.3. The van der Waals surface area contributed by atoms with Crippen molar-refractivity contribution in [3.8, 4) is 0 Å². The van der Waals surface area contributed by atoms with Crippen LogP contribution in [0.2, 0.25) is 0 Å². The fourth-order valence-corrected chi connectivity index (χ4v) is 3.62. The highest BCUT2D eigenvalue weighted by Gasteiger charge is 2.29. The summed E-state index contributed by atoms with van der Waals surface area (Å²) in [4.78, 5) is 6.04. The summed E-state index contributed by atoms with van der Waals surface area (Å²) in [7, 11) is 0. The summed E-state index contributed by atoms with van der Waals surface area (Å²) < 4.78 is 0. The summed E-state index contributed by atoms with van der Waals surface area (Å²) in [6, 6.07) is 0. The summed E-state index contributed by atoms with van der Waals surface area (Å²) >= 11 is 1.91. The lowest BCUT2D eigenvalue weighted by atomic mass is 9.73. The highest BCUT2D eigenvalue weighted by Crippen LogP contribution is 2.43. The molecule has 0 bridgehead atoms. The van der Waals surface area contributed by atoms with Crippen LogP contribution in [-0.2, 0) is 6.54 Å². The maximum absolute atomic E-state index is 4.67. The molecular formula is C16H28N2S. The first-order valence-corrected chi connectivity index (χ1v) is 8.26. The van der Waals surface area contributed by atoms with E-state index >= 15 is 0 Å². The van der Waals surface area contributed by atoms with Crippen molar-refractivity contribution in [1.82, 2.24) is 10.3 Å². The topological polar surface area (TPSA) is 24.9 Å². The molecule has 0 aromatic carbocycles. The fourth-order valence-electron chi connectivity index (χ4n) is 2.59. The molecule has 3 heteroatoms. The van der Waals surface area contributed by atoms with E-state index < -0.39 is 0 Å². The van der Waals surface area contributed by atoms with Gasteiger partial charge in [0, 0.05) is 29.1 Å². The van der Waals surface area contributed by atoms with Gasteiger partial charge in [-0.25, -0.2) is 4.98 Å². The highest BCUT2D eigenvalue weighted by atomic mass is 32.1. The van der Waals surface area contributed by atoms with Crippen LogP contribution in [0.5, 0.6) is 0 Å². The maximum Gasteiger partial charge on any atom is 0.0959 e. The van der Waals surface area contributed by atoms with E-state index in [-0.39, 0.29) is 5.54 Å². The summed E-state index contributed by atoms with van der Waals surface area (Å²) in [6.07, 6.45) is 7.37. The van der Waals surface area contributed by atoms with E-state index in [1.807, 2.05) is 11.3 Å². The molecule has 108 valence electrons. The van der Waals surface area contributed by atoms with Crippen LogP contribution < -0.4 is 5.32 Å². The lowest BCUT2D eigenvalue weighted by molar-refractivity contribution is 0.224. The molecule has 1 saturated carbocycles. The average Bonchev–Trinajstić information content (AvgIpc) is 2.74. The molecule has 2 rings (SSSR count). The standard InChI is InChI=1S/C16H28N2S/c1-15(2,3)18-11-13-10-17-14(19-13)12-6-8-16(4,5)9-7-12/h10,12,18H,6-9,11H2,1-5H3. The van der Waals surface area contributed by atoms with E-state index in [0.29, 0.717) is 11.3 Å². The van der Waals surface area contributed by atoms with Crippen molar-refractivity contribution in [3.05, 3.63) is 16.1 Å². The molecule has 0 saturated heterocycles. The number of aromatic nitrogens is 1. The molecule has 1 fully saturated rings. The monoisotopic (exact) mass is 280 g/mol. The first-order valence-electron chi connectivity index (χ1n) is 7.45. The average molecular weight is 280 g/mol. The van der Waals surface area contributed by atoms with E-state index in [1.54, 1.807) is 0 Å². The van der Waals surface area contributed by atoms with Crippen molar-refractivity contribution in [2.75, 3.05) is 0 Å². The smallest absolute Gasteiger partial charge is 0.0959 e. The third-order valence-electron chi connectivity index (χ3n) is 4.05. The van der Waals surface area contributed by atoms with Gasteiger partial charge in [0.1, 0.15) is 0 Å². The van der Waals surface area contributed by atoms with Gasteiger partial charge in [-0.2, -0.15) is 0 Å². The van der Waals surface area contributed by atoms with Crippen LogP contribution in [0.4, 0.5) is 0 Å². The molecule has 0 unspecified atom stereocenters. The van der Waals surface area contributed by atoms with E-state index in [0.717, 1.165) is 6.54 Å².